The highest BCUT2D eigenvalue weighted by atomic mass is 19.1. The first-order valence-corrected chi connectivity index (χ1v) is 7.70. The van der Waals surface area contributed by atoms with Crippen LogP contribution in [0, 0.1) is 5.82 Å². The number of benzene rings is 1. The van der Waals surface area contributed by atoms with Crippen LogP contribution < -0.4 is 0 Å². The maximum Gasteiger partial charge on any atom is 0.305 e. The molecular weight excluding hydrogens is 315 g/mol. The van der Waals surface area contributed by atoms with Crippen molar-refractivity contribution in [2.45, 2.75) is 26.2 Å². The summed E-state index contributed by atoms with van der Waals surface area (Å²) in [5, 5.41) is 8.69. The average Bonchev–Trinajstić information content (AvgIpc) is 3.02. The van der Waals surface area contributed by atoms with Gasteiger partial charge in [-0.3, -0.25) is 9.59 Å². The third kappa shape index (κ3) is 4.65. The maximum atomic E-state index is 13.7. The van der Waals surface area contributed by atoms with E-state index in [0.717, 1.165) is 0 Å². The molecule has 24 heavy (non-hydrogen) atoms. The Labute approximate surface area is 138 Å². The van der Waals surface area contributed by atoms with Gasteiger partial charge in [-0.25, -0.2) is 9.37 Å². The Morgan fingerprint density at radius 3 is 2.71 bits per heavy atom. The molecule has 1 heterocycles. The Morgan fingerprint density at radius 2 is 2.04 bits per heavy atom. The molecule has 0 atom stereocenters. The highest BCUT2D eigenvalue weighted by Crippen LogP contribution is 2.23. The minimum absolute atomic E-state index is 0.0873. The number of hydrogen-bond acceptors (Lipinski definition) is 4. The van der Waals surface area contributed by atoms with E-state index in [-0.39, 0.29) is 31.7 Å². The summed E-state index contributed by atoms with van der Waals surface area (Å²) in [6.45, 7) is 2.41. The molecule has 1 N–H and O–H groups in total. The molecule has 2 aromatic rings. The summed E-state index contributed by atoms with van der Waals surface area (Å²) in [6.07, 6.45) is 1.78. The van der Waals surface area contributed by atoms with E-state index in [0.29, 0.717) is 23.8 Å². The molecule has 0 saturated heterocycles. The highest BCUT2D eigenvalue weighted by Gasteiger charge is 2.15. The zero-order valence-electron chi connectivity index (χ0n) is 13.4. The maximum absolute atomic E-state index is 13.7. The van der Waals surface area contributed by atoms with Gasteiger partial charge in [-0.1, -0.05) is 12.1 Å². The second-order valence-electron chi connectivity index (χ2n) is 5.22. The van der Waals surface area contributed by atoms with Gasteiger partial charge in [0.1, 0.15) is 5.82 Å². The number of carboxylic acids is 1. The standard InChI is InChI=1S/C17H19FN2O4/c1-2-20(10-9-17(22)23)16(21)8-7-15-19-11-14(24-15)12-5-3-4-6-13(12)18/h3-6,11H,2,7-10H2,1H3,(H,22,23). The van der Waals surface area contributed by atoms with Crippen molar-refractivity contribution in [3.8, 4) is 11.3 Å². The molecule has 0 aliphatic heterocycles. The molecule has 2 rings (SSSR count). The topological polar surface area (TPSA) is 83.6 Å². The quantitative estimate of drug-likeness (QED) is 0.802. The first-order chi connectivity index (χ1) is 11.5. The predicted octanol–water partition coefficient (Wildman–Crippen LogP) is 2.74. The Hall–Kier alpha value is -2.70. The molecule has 0 aliphatic rings. The first-order valence-electron chi connectivity index (χ1n) is 7.70. The summed E-state index contributed by atoms with van der Waals surface area (Å²) in [4.78, 5) is 28.2. The molecule has 1 aromatic carbocycles. The van der Waals surface area contributed by atoms with Crippen LogP contribution in [0.5, 0.6) is 0 Å². The van der Waals surface area contributed by atoms with E-state index in [2.05, 4.69) is 4.98 Å². The normalized spacial score (nSPS) is 10.6. The Morgan fingerprint density at radius 1 is 1.29 bits per heavy atom. The fourth-order valence-corrected chi connectivity index (χ4v) is 2.27. The third-order valence-electron chi connectivity index (χ3n) is 3.58. The lowest BCUT2D eigenvalue weighted by Crippen LogP contribution is -2.33. The van der Waals surface area contributed by atoms with Crippen LogP contribution in [0.3, 0.4) is 0 Å². The molecule has 1 aromatic heterocycles. The van der Waals surface area contributed by atoms with Crippen molar-refractivity contribution in [2.75, 3.05) is 13.1 Å². The number of aryl methyl sites for hydroxylation is 1. The molecule has 0 aliphatic carbocycles. The van der Waals surface area contributed by atoms with Crippen LogP contribution in [0.4, 0.5) is 4.39 Å². The molecular formula is C17H19FN2O4. The molecule has 128 valence electrons. The second-order valence-corrected chi connectivity index (χ2v) is 5.22. The van der Waals surface area contributed by atoms with Crippen LogP contribution in [0.25, 0.3) is 11.3 Å². The van der Waals surface area contributed by atoms with Gasteiger partial charge in [0.05, 0.1) is 18.2 Å². The number of aromatic nitrogens is 1. The molecule has 0 bridgehead atoms. The lowest BCUT2D eigenvalue weighted by atomic mass is 10.2. The van der Waals surface area contributed by atoms with Crippen molar-refractivity contribution in [2.24, 2.45) is 0 Å². The van der Waals surface area contributed by atoms with Gasteiger partial charge < -0.3 is 14.4 Å². The number of amides is 1. The van der Waals surface area contributed by atoms with Crippen molar-refractivity contribution in [3.63, 3.8) is 0 Å². The predicted molar refractivity (Wildman–Crippen MR) is 84.7 cm³/mol. The summed E-state index contributed by atoms with van der Waals surface area (Å²) in [7, 11) is 0. The van der Waals surface area contributed by atoms with Crippen LogP contribution in [0.1, 0.15) is 25.7 Å². The van der Waals surface area contributed by atoms with Gasteiger partial charge in [-0.15, -0.1) is 0 Å². The first kappa shape index (κ1) is 17.7. The number of carbonyl (C=O) groups excluding carboxylic acids is 1. The monoisotopic (exact) mass is 334 g/mol. The smallest absolute Gasteiger partial charge is 0.305 e. The fraction of sp³-hybridized carbons (Fsp3) is 0.353. The van der Waals surface area contributed by atoms with Gasteiger partial charge in [0.25, 0.3) is 0 Å². The van der Waals surface area contributed by atoms with Gasteiger partial charge in [0.2, 0.25) is 5.91 Å². The zero-order valence-corrected chi connectivity index (χ0v) is 13.4. The Kier molecular flexibility index (Phi) is 6.06. The molecule has 0 radical (unpaired) electrons. The molecule has 0 unspecified atom stereocenters. The highest BCUT2D eigenvalue weighted by molar-refractivity contribution is 5.77. The summed E-state index contributed by atoms with van der Waals surface area (Å²) in [5.74, 6) is -0.848. The summed E-state index contributed by atoms with van der Waals surface area (Å²) >= 11 is 0. The van der Waals surface area contributed by atoms with Crippen LogP contribution in [-0.4, -0.2) is 40.0 Å². The molecule has 0 fully saturated rings. The van der Waals surface area contributed by atoms with Gasteiger partial charge >= 0.3 is 5.97 Å². The molecule has 6 nitrogen and oxygen atoms in total. The second kappa shape index (κ2) is 8.24. The van der Waals surface area contributed by atoms with E-state index in [1.54, 1.807) is 25.1 Å². The van der Waals surface area contributed by atoms with E-state index >= 15 is 0 Å². The number of rotatable bonds is 8. The summed E-state index contributed by atoms with van der Waals surface area (Å²) < 4.78 is 19.2. The minimum Gasteiger partial charge on any atom is -0.481 e. The van der Waals surface area contributed by atoms with Crippen molar-refractivity contribution < 1.29 is 23.5 Å². The minimum atomic E-state index is -0.941. The van der Waals surface area contributed by atoms with E-state index in [1.807, 2.05) is 0 Å². The number of nitrogens with zero attached hydrogens (tertiary/aromatic N) is 2. The van der Waals surface area contributed by atoms with Crippen molar-refractivity contribution in [3.05, 3.63) is 42.2 Å². The molecule has 0 spiro atoms. The molecule has 1 amide bonds. The van der Waals surface area contributed by atoms with Gasteiger partial charge in [-0.2, -0.15) is 0 Å². The number of hydrogen-bond donors (Lipinski definition) is 1. The summed E-state index contributed by atoms with van der Waals surface area (Å²) in [6, 6.07) is 6.22. The number of halogens is 1. The van der Waals surface area contributed by atoms with E-state index in [4.69, 9.17) is 9.52 Å². The Balaban J connectivity index is 1.94. The van der Waals surface area contributed by atoms with Crippen molar-refractivity contribution in [1.29, 1.82) is 0 Å². The van der Waals surface area contributed by atoms with Crippen molar-refractivity contribution in [1.82, 2.24) is 9.88 Å². The van der Waals surface area contributed by atoms with Crippen molar-refractivity contribution >= 4 is 11.9 Å². The van der Waals surface area contributed by atoms with Crippen LogP contribution in [0.2, 0.25) is 0 Å². The molecule has 7 heteroatoms. The zero-order chi connectivity index (χ0) is 17.5. The Bertz CT molecular complexity index is 714. The molecule has 0 saturated carbocycles. The summed E-state index contributed by atoms with van der Waals surface area (Å²) in [5.41, 5.74) is 0.319. The SMILES string of the molecule is CCN(CCC(=O)O)C(=O)CCc1ncc(-c2ccccc2F)o1. The van der Waals surface area contributed by atoms with E-state index in [9.17, 15) is 14.0 Å². The number of aliphatic carboxylic acids is 1. The average molecular weight is 334 g/mol. The largest absolute Gasteiger partial charge is 0.481 e. The lowest BCUT2D eigenvalue weighted by molar-refractivity contribution is -0.138. The van der Waals surface area contributed by atoms with Crippen LogP contribution >= 0.6 is 0 Å². The fourth-order valence-electron chi connectivity index (χ4n) is 2.27. The van der Waals surface area contributed by atoms with E-state index in [1.165, 1.54) is 17.2 Å². The van der Waals surface area contributed by atoms with Gasteiger partial charge in [0.15, 0.2) is 11.7 Å². The lowest BCUT2D eigenvalue weighted by Gasteiger charge is -2.19. The number of carboxylic acid groups (broad SMARTS) is 1. The van der Waals surface area contributed by atoms with Gasteiger partial charge in [0, 0.05) is 25.9 Å². The third-order valence-corrected chi connectivity index (χ3v) is 3.58. The number of carbonyl (C=O) groups is 2. The number of oxazole rings is 1. The van der Waals surface area contributed by atoms with Crippen LogP contribution in [0.15, 0.2) is 34.9 Å². The van der Waals surface area contributed by atoms with E-state index < -0.39 is 11.8 Å². The van der Waals surface area contributed by atoms with Gasteiger partial charge in [-0.05, 0) is 19.1 Å². The van der Waals surface area contributed by atoms with Crippen LogP contribution in [-0.2, 0) is 16.0 Å².